The van der Waals surface area contributed by atoms with E-state index in [2.05, 4.69) is 42.1 Å². The molecule has 0 radical (unpaired) electrons. The molecule has 7 heterocycles. The van der Waals surface area contributed by atoms with E-state index in [1.807, 2.05) is 15.5 Å². The van der Waals surface area contributed by atoms with Gasteiger partial charge in [-0.3, -0.25) is 9.13 Å². The lowest BCUT2D eigenvalue weighted by atomic mass is 9.86. The number of hydrogen-bond donors (Lipinski definition) is 2. The molecule has 0 bridgehead atoms. The van der Waals surface area contributed by atoms with Crippen LogP contribution < -0.4 is 5.32 Å². The Balaban J connectivity index is 0.000000152. The minimum Gasteiger partial charge on any atom is -0.396 e. The van der Waals surface area contributed by atoms with Crippen molar-refractivity contribution in [3.63, 3.8) is 0 Å². The summed E-state index contributed by atoms with van der Waals surface area (Å²) in [6.45, 7) is 6.46. The predicted molar refractivity (Wildman–Crippen MR) is 198 cm³/mol. The lowest BCUT2D eigenvalue weighted by molar-refractivity contribution is -0.0299. The first-order valence-corrected chi connectivity index (χ1v) is 19.6. The van der Waals surface area contributed by atoms with Crippen LogP contribution in [0.5, 0.6) is 0 Å². The molecule has 50 heavy (non-hydrogen) atoms. The van der Waals surface area contributed by atoms with Gasteiger partial charge in [-0.15, -0.1) is 0 Å². The van der Waals surface area contributed by atoms with Gasteiger partial charge in [-0.2, -0.15) is 9.97 Å². The van der Waals surface area contributed by atoms with Crippen LogP contribution in [0, 0.1) is 0 Å². The van der Waals surface area contributed by atoms with Crippen molar-refractivity contribution in [3.05, 3.63) is 34.1 Å². The molecule has 0 amide bonds. The Kier molecular flexibility index (Phi) is 16.2. The molecule has 15 heteroatoms. The molecule has 276 valence electrons. The van der Waals surface area contributed by atoms with Gasteiger partial charge in [0.2, 0.25) is 10.6 Å². The second kappa shape index (κ2) is 20.7. The number of rotatable bonds is 5. The summed E-state index contributed by atoms with van der Waals surface area (Å²) < 4.78 is 15.5. The Morgan fingerprint density at radius 1 is 0.700 bits per heavy atom. The van der Waals surface area contributed by atoms with Gasteiger partial charge in [-0.1, -0.05) is 50.6 Å². The number of nitrogens with one attached hydrogen (secondary N) is 1. The van der Waals surface area contributed by atoms with Crippen LogP contribution in [0.3, 0.4) is 0 Å². The van der Waals surface area contributed by atoms with Crippen LogP contribution in [0.4, 0.5) is 0 Å². The van der Waals surface area contributed by atoms with E-state index in [4.69, 9.17) is 49.4 Å². The molecule has 3 saturated heterocycles. The first-order chi connectivity index (χ1) is 24.5. The molecule has 4 aromatic rings. The molecule has 1 saturated carbocycles. The minimum absolute atomic E-state index is 0.0314. The number of aromatic nitrogens is 8. The molecule has 0 spiro atoms. The fourth-order valence-electron chi connectivity index (χ4n) is 6.70. The number of fused-ring (bicyclic) bond motifs is 2. The highest BCUT2D eigenvalue weighted by Gasteiger charge is 2.25. The van der Waals surface area contributed by atoms with E-state index in [1.165, 1.54) is 70.9 Å². The van der Waals surface area contributed by atoms with Crippen molar-refractivity contribution in [3.8, 4) is 0 Å². The van der Waals surface area contributed by atoms with Crippen LogP contribution in [-0.4, -0.2) is 77.1 Å². The maximum atomic E-state index is 8.07. The summed E-state index contributed by atoms with van der Waals surface area (Å²) >= 11 is 18.0. The van der Waals surface area contributed by atoms with Gasteiger partial charge in [-0.25, -0.2) is 19.9 Å². The summed E-state index contributed by atoms with van der Waals surface area (Å²) in [4.78, 5) is 25.8. The van der Waals surface area contributed by atoms with Gasteiger partial charge >= 0.3 is 0 Å². The second-order valence-corrected chi connectivity index (χ2v) is 14.2. The lowest BCUT2D eigenvalue weighted by Crippen LogP contribution is -2.21. The van der Waals surface area contributed by atoms with Crippen molar-refractivity contribution in [1.29, 1.82) is 0 Å². The van der Waals surface area contributed by atoms with Gasteiger partial charge in [0.05, 0.1) is 18.3 Å². The van der Waals surface area contributed by atoms with Gasteiger partial charge in [0.25, 0.3) is 0 Å². The summed E-state index contributed by atoms with van der Waals surface area (Å²) in [5.74, 6) is 0.465. The Morgan fingerprint density at radius 3 is 1.72 bits per heavy atom. The third-order valence-electron chi connectivity index (χ3n) is 9.42. The first-order valence-electron chi connectivity index (χ1n) is 18.5. The molecule has 2 atom stereocenters. The summed E-state index contributed by atoms with van der Waals surface area (Å²) in [7, 11) is 0. The number of ether oxygens (including phenoxy) is 2. The van der Waals surface area contributed by atoms with Crippen molar-refractivity contribution < 1.29 is 14.6 Å². The fraction of sp³-hybridized carbons (Fsp3) is 0.714. The third-order valence-corrected chi connectivity index (χ3v) is 10.0. The molecule has 3 aliphatic heterocycles. The molecular weight excluding hydrogens is 701 g/mol. The Hall–Kier alpha value is -2.19. The van der Waals surface area contributed by atoms with Crippen LogP contribution in [0.1, 0.15) is 134 Å². The molecule has 0 aromatic carbocycles. The van der Waals surface area contributed by atoms with Crippen LogP contribution in [0.15, 0.2) is 12.7 Å². The highest BCUT2D eigenvalue weighted by molar-refractivity contribution is 6.35. The minimum atomic E-state index is -0.0317. The smallest absolute Gasteiger partial charge is 0.225 e. The van der Waals surface area contributed by atoms with Crippen molar-refractivity contribution in [2.75, 3.05) is 32.9 Å². The van der Waals surface area contributed by atoms with Gasteiger partial charge in [-0.05, 0) is 107 Å². The number of aliphatic hydroxyl groups is 1. The monoisotopic (exact) mass is 751 g/mol. The number of hydrogen-bond acceptors (Lipinski definition) is 10. The van der Waals surface area contributed by atoms with E-state index >= 15 is 0 Å². The van der Waals surface area contributed by atoms with Gasteiger partial charge in [0.15, 0.2) is 16.4 Å². The molecule has 2 N–H and O–H groups in total. The molecule has 4 fully saturated rings. The van der Waals surface area contributed by atoms with Gasteiger partial charge in [0, 0.05) is 25.7 Å². The molecule has 12 nitrogen and oxygen atoms in total. The Labute approximate surface area is 310 Å². The normalized spacial score (nSPS) is 21.4. The van der Waals surface area contributed by atoms with Gasteiger partial charge < -0.3 is 19.9 Å². The molecule has 4 aromatic heterocycles. The number of nitrogens with zero attached hydrogens (tertiary/aromatic N) is 8. The SMILES string of the molecule is C1CCNCC1.CCCCO.Clc1nc(C2CCCCC2)c2ncn(C3CCCCO3)c2n1.Clc1nc(Cl)c2ncn(C3CCCCO3)c2n1. The Bertz CT molecular complexity index is 1570. The zero-order valence-corrected chi connectivity index (χ0v) is 31.5. The molecule has 1 aliphatic carbocycles. The summed E-state index contributed by atoms with van der Waals surface area (Å²) in [6, 6.07) is 0. The quantitative estimate of drug-likeness (QED) is 0.151. The van der Waals surface area contributed by atoms with E-state index in [1.54, 1.807) is 6.33 Å². The van der Waals surface area contributed by atoms with E-state index < -0.39 is 0 Å². The first kappa shape index (κ1) is 39.0. The highest BCUT2D eigenvalue weighted by Crippen LogP contribution is 2.36. The predicted octanol–water partition coefficient (Wildman–Crippen LogP) is 8.60. The number of aliphatic hydroxyl groups excluding tert-OH is 1. The van der Waals surface area contributed by atoms with Crippen molar-refractivity contribution in [2.45, 2.75) is 128 Å². The van der Waals surface area contributed by atoms with E-state index in [0.29, 0.717) is 29.0 Å². The lowest BCUT2D eigenvalue weighted by Gasteiger charge is -2.24. The maximum absolute atomic E-state index is 8.07. The Morgan fingerprint density at radius 2 is 1.24 bits per heavy atom. The van der Waals surface area contributed by atoms with Crippen molar-refractivity contribution in [1.82, 2.24) is 44.4 Å². The van der Waals surface area contributed by atoms with Crippen molar-refractivity contribution in [2.24, 2.45) is 0 Å². The summed E-state index contributed by atoms with van der Waals surface area (Å²) in [5, 5.41) is 12.1. The fourth-order valence-corrected chi connectivity index (χ4v) is 7.29. The van der Waals surface area contributed by atoms with E-state index in [-0.39, 0.29) is 22.9 Å². The molecule has 8 rings (SSSR count). The average Bonchev–Trinajstić information content (AvgIpc) is 3.79. The standard InChI is InChI=1S/C16H21ClN4O.C10H10Cl2N4O.C5H11N.C4H10O/c17-16-19-13(11-6-2-1-3-7-11)14-15(20-16)21(10-18-14)12-8-4-5-9-22-12;11-8-7-9(15-10(12)14-8)16(5-13-7)6-3-1-2-4-17-6;1-2-4-6-5-3-1;1-2-3-4-5/h10-12H,1-9H2;5-6H,1-4H2;6H,1-5H2;5H,2-4H2,1H3. The number of piperidine rings is 1. The van der Waals surface area contributed by atoms with Gasteiger partial charge in [0.1, 0.15) is 23.5 Å². The molecule has 4 aliphatic rings. The molecular formula is C35H52Cl3N9O3. The zero-order valence-electron chi connectivity index (χ0n) is 29.2. The third kappa shape index (κ3) is 10.9. The maximum Gasteiger partial charge on any atom is 0.225 e. The van der Waals surface area contributed by atoms with E-state index in [0.717, 1.165) is 75.0 Å². The topological polar surface area (TPSA) is 138 Å². The summed E-state index contributed by atoms with van der Waals surface area (Å²) in [6.07, 6.45) is 22.5. The number of halogens is 3. The summed E-state index contributed by atoms with van der Waals surface area (Å²) in [5.41, 5.74) is 3.95. The van der Waals surface area contributed by atoms with Crippen LogP contribution in [-0.2, 0) is 9.47 Å². The van der Waals surface area contributed by atoms with Crippen LogP contribution >= 0.6 is 34.8 Å². The second-order valence-electron chi connectivity index (χ2n) is 13.2. The number of unbranched alkanes of at least 4 members (excludes halogenated alkanes) is 1. The number of imidazole rings is 2. The highest BCUT2D eigenvalue weighted by atomic mass is 35.5. The van der Waals surface area contributed by atoms with Crippen LogP contribution in [0.25, 0.3) is 22.3 Å². The van der Waals surface area contributed by atoms with Crippen molar-refractivity contribution >= 4 is 57.1 Å². The molecule has 2 unspecified atom stereocenters. The zero-order chi connectivity index (χ0) is 35.1. The van der Waals surface area contributed by atoms with E-state index in [9.17, 15) is 0 Å². The van der Waals surface area contributed by atoms with Crippen LogP contribution in [0.2, 0.25) is 15.7 Å². The average molecular weight is 753 g/mol. The largest absolute Gasteiger partial charge is 0.396 e.